The van der Waals surface area contributed by atoms with E-state index in [9.17, 15) is 10.1 Å². The summed E-state index contributed by atoms with van der Waals surface area (Å²) in [6.07, 6.45) is 1.09. The molecule has 5 heteroatoms. The molecule has 0 aliphatic carbocycles. The lowest BCUT2D eigenvalue weighted by Crippen LogP contribution is -2.38. The van der Waals surface area contributed by atoms with Crippen molar-refractivity contribution >= 4 is 5.69 Å². The Morgan fingerprint density at radius 2 is 2.05 bits per heavy atom. The van der Waals surface area contributed by atoms with Crippen LogP contribution in [0.3, 0.4) is 0 Å². The first-order valence-corrected chi connectivity index (χ1v) is 7.00. The molecule has 0 radical (unpaired) electrons. The van der Waals surface area contributed by atoms with Crippen LogP contribution in [0.2, 0.25) is 0 Å². The van der Waals surface area contributed by atoms with E-state index in [2.05, 4.69) is 38.2 Å². The molecule has 0 fully saturated rings. The lowest BCUT2D eigenvalue weighted by atomic mass is 10.0. The monoisotopic (exact) mass is 279 g/mol. The number of nitro groups is 1. The molecule has 1 N–H and O–H groups in total. The van der Waals surface area contributed by atoms with Crippen LogP contribution in [0.15, 0.2) is 24.3 Å². The highest BCUT2D eigenvalue weighted by Crippen LogP contribution is 2.13. The fourth-order valence-electron chi connectivity index (χ4n) is 2.27. The second-order valence-corrected chi connectivity index (χ2v) is 5.90. The number of likely N-dealkylation sites (N-methyl/N-ethyl adjacent to an activating group) is 1. The smallest absolute Gasteiger partial charge is 0.269 e. The van der Waals surface area contributed by atoms with E-state index in [-0.39, 0.29) is 10.6 Å². The molecule has 1 aromatic carbocycles. The van der Waals surface area contributed by atoms with Crippen molar-refractivity contribution in [3.05, 3.63) is 39.9 Å². The molecule has 0 aliphatic rings. The fourth-order valence-corrected chi connectivity index (χ4v) is 2.27. The average molecular weight is 279 g/mol. The highest BCUT2D eigenvalue weighted by molar-refractivity contribution is 5.34. The number of non-ortho nitro benzene ring substituents is 1. The van der Waals surface area contributed by atoms with E-state index in [1.54, 1.807) is 12.1 Å². The van der Waals surface area contributed by atoms with Gasteiger partial charge < -0.3 is 10.2 Å². The average Bonchev–Trinajstić information content (AvgIpc) is 2.35. The van der Waals surface area contributed by atoms with Crippen molar-refractivity contribution in [3.8, 4) is 0 Å². The van der Waals surface area contributed by atoms with Crippen LogP contribution in [0.5, 0.6) is 0 Å². The Kier molecular flexibility index (Phi) is 6.61. The molecule has 0 bridgehead atoms. The van der Waals surface area contributed by atoms with Gasteiger partial charge in [0, 0.05) is 31.3 Å². The maximum absolute atomic E-state index is 10.8. The van der Waals surface area contributed by atoms with Gasteiger partial charge in [-0.3, -0.25) is 10.1 Å². The lowest BCUT2D eigenvalue weighted by molar-refractivity contribution is -0.384. The third kappa shape index (κ3) is 6.12. The molecule has 1 aromatic rings. The molecule has 0 aromatic heterocycles. The Morgan fingerprint density at radius 1 is 1.35 bits per heavy atom. The number of rotatable bonds is 8. The summed E-state index contributed by atoms with van der Waals surface area (Å²) in [7, 11) is 4.12. The molecule has 1 atom stereocenters. The van der Waals surface area contributed by atoms with E-state index < -0.39 is 0 Å². The minimum Gasteiger partial charge on any atom is -0.309 e. The molecule has 0 aliphatic heterocycles. The zero-order valence-electron chi connectivity index (χ0n) is 12.8. The van der Waals surface area contributed by atoms with Crippen molar-refractivity contribution in [2.24, 2.45) is 5.92 Å². The zero-order valence-corrected chi connectivity index (χ0v) is 12.8. The van der Waals surface area contributed by atoms with Gasteiger partial charge in [-0.2, -0.15) is 0 Å². The number of nitrogens with one attached hydrogen (secondary N) is 1. The van der Waals surface area contributed by atoms with Crippen LogP contribution >= 0.6 is 0 Å². The van der Waals surface area contributed by atoms with E-state index >= 15 is 0 Å². The standard InChI is InChI=1S/C15H25N3O2/c1-12(2)8-14(11-17(3)4)16-10-13-6-5-7-15(9-13)18(19)20/h5-7,9,12,14,16H,8,10-11H2,1-4H3. The zero-order chi connectivity index (χ0) is 15.1. The maximum atomic E-state index is 10.8. The van der Waals surface area contributed by atoms with E-state index in [4.69, 9.17) is 0 Å². The Hall–Kier alpha value is -1.46. The minimum atomic E-state index is -0.352. The van der Waals surface area contributed by atoms with E-state index in [1.807, 2.05) is 6.07 Å². The van der Waals surface area contributed by atoms with E-state index in [1.165, 1.54) is 6.07 Å². The molecule has 1 unspecified atom stereocenters. The summed E-state index contributed by atoms with van der Waals surface area (Å²) in [6.45, 7) is 6.04. The van der Waals surface area contributed by atoms with Crippen LogP contribution in [-0.2, 0) is 6.54 Å². The largest absolute Gasteiger partial charge is 0.309 e. The Bertz CT molecular complexity index is 423. The molecule has 0 heterocycles. The van der Waals surface area contributed by atoms with Gasteiger partial charge in [0.05, 0.1) is 4.92 Å². The van der Waals surface area contributed by atoms with Crippen LogP contribution in [0.4, 0.5) is 5.69 Å². The molecular weight excluding hydrogens is 254 g/mol. The number of hydrogen-bond donors (Lipinski definition) is 1. The summed E-state index contributed by atoms with van der Waals surface area (Å²) in [5.74, 6) is 0.623. The van der Waals surface area contributed by atoms with Gasteiger partial charge in [-0.25, -0.2) is 0 Å². The predicted molar refractivity (Wildman–Crippen MR) is 81.7 cm³/mol. The van der Waals surface area contributed by atoms with Crippen molar-refractivity contribution < 1.29 is 4.92 Å². The van der Waals surface area contributed by atoms with Gasteiger partial charge in [0.1, 0.15) is 0 Å². The summed E-state index contributed by atoms with van der Waals surface area (Å²) in [5.41, 5.74) is 1.10. The maximum Gasteiger partial charge on any atom is 0.269 e. The molecule has 0 saturated carbocycles. The van der Waals surface area contributed by atoms with Crippen LogP contribution in [0, 0.1) is 16.0 Å². The summed E-state index contributed by atoms with van der Waals surface area (Å²) < 4.78 is 0. The molecule has 0 amide bonds. The number of benzene rings is 1. The van der Waals surface area contributed by atoms with Gasteiger partial charge in [0.2, 0.25) is 0 Å². The molecule has 0 spiro atoms. The van der Waals surface area contributed by atoms with Crippen molar-refractivity contribution in [1.29, 1.82) is 0 Å². The molecule has 0 saturated heterocycles. The Morgan fingerprint density at radius 3 is 2.60 bits per heavy atom. The first-order valence-electron chi connectivity index (χ1n) is 7.00. The van der Waals surface area contributed by atoms with Gasteiger partial charge >= 0.3 is 0 Å². The van der Waals surface area contributed by atoms with Gasteiger partial charge in [0.15, 0.2) is 0 Å². The molecule has 20 heavy (non-hydrogen) atoms. The van der Waals surface area contributed by atoms with Gasteiger partial charge in [0.25, 0.3) is 5.69 Å². The first kappa shape index (κ1) is 16.6. The van der Waals surface area contributed by atoms with Crippen molar-refractivity contribution in [2.45, 2.75) is 32.9 Å². The highest BCUT2D eigenvalue weighted by Gasteiger charge is 2.12. The highest BCUT2D eigenvalue weighted by atomic mass is 16.6. The summed E-state index contributed by atoms with van der Waals surface area (Å²) >= 11 is 0. The third-order valence-corrected chi connectivity index (χ3v) is 3.06. The van der Waals surface area contributed by atoms with Gasteiger partial charge in [-0.05, 0) is 32.0 Å². The third-order valence-electron chi connectivity index (χ3n) is 3.06. The summed E-state index contributed by atoms with van der Waals surface area (Å²) in [5, 5.41) is 14.3. The summed E-state index contributed by atoms with van der Waals surface area (Å²) in [6, 6.07) is 7.20. The normalized spacial score (nSPS) is 12.9. The van der Waals surface area contributed by atoms with Crippen LogP contribution in [-0.4, -0.2) is 36.5 Å². The lowest BCUT2D eigenvalue weighted by Gasteiger charge is -2.24. The van der Waals surface area contributed by atoms with Gasteiger partial charge in [-0.1, -0.05) is 26.0 Å². The minimum absolute atomic E-state index is 0.150. The van der Waals surface area contributed by atoms with Gasteiger partial charge in [-0.15, -0.1) is 0 Å². The van der Waals surface area contributed by atoms with Crippen LogP contribution in [0.1, 0.15) is 25.8 Å². The first-order chi connectivity index (χ1) is 9.38. The molecule has 112 valence electrons. The Labute approximate surface area is 121 Å². The fraction of sp³-hybridized carbons (Fsp3) is 0.600. The Balaban J connectivity index is 2.61. The quantitative estimate of drug-likeness (QED) is 0.587. The van der Waals surface area contributed by atoms with E-state index in [0.717, 1.165) is 18.5 Å². The topological polar surface area (TPSA) is 58.4 Å². The molecule has 5 nitrogen and oxygen atoms in total. The SMILES string of the molecule is CC(C)CC(CN(C)C)NCc1cccc([N+](=O)[O-])c1. The van der Waals surface area contributed by atoms with Crippen molar-refractivity contribution in [2.75, 3.05) is 20.6 Å². The summed E-state index contributed by atoms with van der Waals surface area (Å²) in [4.78, 5) is 12.6. The van der Waals surface area contributed by atoms with E-state index in [0.29, 0.717) is 18.5 Å². The van der Waals surface area contributed by atoms with Crippen molar-refractivity contribution in [1.82, 2.24) is 10.2 Å². The number of nitro benzene ring substituents is 1. The molecular formula is C15H25N3O2. The van der Waals surface area contributed by atoms with Crippen molar-refractivity contribution in [3.63, 3.8) is 0 Å². The molecule has 1 rings (SSSR count). The number of nitrogens with zero attached hydrogens (tertiary/aromatic N) is 2. The second kappa shape index (κ2) is 7.97. The van der Waals surface area contributed by atoms with Crippen LogP contribution in [0.25, 0.3) is 0 Å². The second-order valence-electron chi connectivity index (χ2n) is 5.90. The predicted octanol–water partition coefficient (Wildman–Crippen LogP) is 2.66. The van der Waals surface area contributed by atoms with Crippen LogP contribution < -0.4 is 5.32 Å². The number of hydrogen-bond acceptors (Lipinski definition) is 4.